The highest BCUT2D eigenvalue weighted by Gasteiger charge is 2.20. The Kier molecular flexibility index (Phi) is 6.53. The van der Waals surface area contributed by atoms with Gasteiger partial charge < -0.3 is 19.7 Å². The molecule has 1 N–H and O–H groups in total. The van der Waals surface area contributed by atoms with Crippen molar-refractivity contribution in [3.8, 4) is 5.75 Å². The lowest BCUT2D eigenvalue weighted by Crippen LogP contribution is -2.47. The summed E-state index contributed by atoms with van der Waals surface area (Å²) in [6.07, 6.45) is 2.94. The molecule has 138 valence electrons. The van der Waals surface area contributed by atoms with Crippen molar-refractivity contribution in [2.24, 2.45) is 0 Å². The molecule has 2 aliphatic rings. The first-order valence-electron chi connectivity index (χ1n) is 9.25. The number of ether oxygens (including phenoxy) is 2. The van der Waals surface area contributed by atoms with Crippen molar-refractivity contribution in [1.82, 2.24) is 10.2 Å². The van der Waals surface area contributed by atoms with E-state index in [0.29, 0.717) is 13.0 Å². The SMILES string of the molecule is COc1ccccc1N1CCN(CCC(=O)NCC2CCCO2)CC1. The van der Waals surface area contributed by atoms with Crippen LogP contribution in [0.3, 0.4) is 0 Å². The number of amides is 1. The van der Waals surface area contributed by atoms with Crippen molar-refractivity contribution < 1.29 is 14.3 Å². The van der Waals surface area contributed by atoms with Gasteiger partial charge in [-0.2, -0.15) is 0 Å². The lowest BCUT2D eigenvalue weighted by molar-refractivity contribution is -0.121. The average molecular weight is 347 g/mol. The molecule has 1 unspecified atom stereocenters. The van der Waals surface area contributed by atoms with Crippen molar-refractivity contribution in [3.05, 3.63) is 24.3 Å². The zero-order valence-electron chi connectivity index (χ0n) is 15.1. The third-order valence-corrected chi connectivity index (χ3v) is 5.00. The fourth-order valence-electron chi connectivity index (χ4n) is 3.48. The molecule has 0 radical (unpaired) electrons. The molecule has 1 aromatic rings. The summed E-state index contributed by atoms with van der Waals surface area (Å²) in [7, 11) is 1.71. The first-order chi connectivity index (χ1) is 12.3. The van der Waals surface area contributed by atoms with Gasteiger partial charge >= 0.3 is 0 Å². The number of piperazine rings is 1. The number of methoxy groups -OCH3 is 1. The summed E-state index contributed by atoms with van der Waals surface area (Å²) in [6.45, 7) is 6.15. The van der Waals surface area contributed by atoms with E-state index in [4.69, 9.17) is 9.47 Å². The highest BCUT2D eigenvalue weighted by molar-refractivity contribution is 5.76. The van der Waals surface area contributed by atoms with Crippen LogP contribution in [-0.2, 0) is 9.53 Å². The molecule has 0 aliphatic carbocycles. The maximum atomic E-state index is 12.0. The molecule has 2 saturated heterocycles. The van der Waals surface area contributed by atoms with E-state index in [9.17, 15) is 4.79 Å². The topological polar surface area (TPSA) is 54.0 Å². The van der Waals surface area contributed by atoms with Gasteiger partial charge in [-0.1, -0.05) is 12.1 Å². The second-order valence-corrected chi connectivity index (χ2v) is 6.69. The van der Waals surface area contributed by atoms with E-state index in [1.165, 1.54) is 0 Å². The van der Waals surface area contributed by atoms with Crippen molar-refractivity contribution >= 4 is 11.6 Å². The normalized spacial score (nSPS) is 21.3. The molecule has 1 aromatic carbocycles. The van der Waals surface area contributed by atoms with Crippen LogP contribution >= 0.6 is 0 Å². The summed E-state index contributed by atoms with van der Waals surface area (Å²) in [6, 6.07) is 8.14. The van der Waals surface area contributed by atoms with Gasteiger partial charge in [0.05, 0.1) is 18.9 Å². The summed E-state index contributed by atoms with van der Waals surface area (Å²) in [4.78, 5) is 16.7. The molecule has 0 spiro atoms. The number of carbonyl (C=O) groups excluding carboxylic acids is 1. The smallest absolute Gasteiger partial charge is 0.221 e. The highest BCUT2D eigenvalue weighted by Crippen LogP contribution is 2.28. The van der Waals surface area contributed by atoms with E-state index in [2.05, 4.69) is 21.2 Å². The Balaban J connectivity index is 1.37. The van der Waals surface area contributed by atoms with Crippen LogP contribution in [-0.4, -0.2) is 69.9 Å². The van der Waals surface area contributed by atoms with Crippen LogP contribution in [0.15, 0.2) is 24.3 Å². The van der Waals surface area contributed by atoms with Gasteiger partial charge in [0.1, 0.15) is 5.75 Å². The maximum absolute atomic E-state index is 12.0. The molecule has 3 rings (SSSR count). The molecule has 25 heavy (non-hydrogen) atoms. The predicted octanol–water partition coefficient (Wildman–Crippen LogP) is 1.50. The Morgan fingerprint density at radius 2 is 2.08 bits per heavy atom. The first kappa shape index (κ1) is 18.0. The lowest BCUT2D eigenvalue weighted by Gasteiger charge is -2.36. The summed E-state index contributed by atoms with van der Waals surface area (Å²) in [5.74, 6) is 1.05. The largest absolute Gasteiger partial charge is 0.495 e. The van der Waals surface area contributed by atoms with Gasteiger partial charge in [-0.15, -0.1) is 0 Å². The summed E-state index contributed by atoms with van der Waals surface area (Å²) in [5.41, 5.74) is 1.15. The minimum atomic E-state index is 0.127. The van der Waals surface area contributed by atoms with Crippen molar-refractivity contribution in [2.45, 2.75) is 25.4 Å². The number of nitrogens with zero attached hydrogens (tertiary/aromatic N) is 2. The van der Waals surface area contributed by atoms with E-state index >= 15 is 0 Å². The van der Waals surface area contributed by atoms with Crippen molar-refractivity contribution in [3.63, 3.8) is 0 Å². The number of hydrogen-bond donors (Lipinski definition) is 1. The number of carbonyl (C=O) groups is 1. The predicted molar refractivity (Wildman–Crippen MR) is 98.2 cm³/mol. The van der Waals surface area contributed by atoms with E-state index in [0.717, 1.165) is 63.6 Å². The van der Waals surface area contributed by atoms with E-state index < -0.39 is 0 Å². The van der Waals surface area contributed by atoms with E-state index in [1.54, 1.807) is 7.11 Å². The molecule has 0 saturated carbocycles. The number of anilines is 1. The minimum absolute atomic E-state index is 0.127. The third kappa shape index (κ3) is 5.09. The van der Waals surface area contributed by atoms with Gasteiger partial charge in [0, 0.05) is 52.3 Å². The molecule has 0 aromatic heterocycles. The Labute approximate surface area is 150 Å². The minimum Gasteiger partial charge on any atom is -0.495 e. The standard InChI is InChI=1S/C19H29N3O3/c1-24-18-7-3-2-6-17(18)22-12-10-21(11-13-22)9-8-19(23)20-15-16-5-4-14-25-16/h2-3,6-7,16H,4-5,8-15H2,1H3,(H,20,23). The number of para-hydroxylation sites is 2. The van der Waals surface area contributed by atoms with Crippen LogP contribution in [0, 0.1) is 0 Å². The average Bonchev–Trinajstić information content (AvgIpc) is 3.19. The number of benzene rings is 1. The number of nitrogens with one attached hydrogen (secondary N) is 1. The maximum Gasteiger partial charge on any atom is 0.221 e. The van der Waals surface area contributed by atoms with Crippen LogP contribution in [0.25, 0.3) is 0 Å². The van der Waals surface area contributed by atoms with Gasteiger partial charge in [0.15, 0.2) is 0 Å². The van der Waals surface area contributed by atoms with Gasteiger partial charge in [-0.05, 0) is 25.0 Å². The van der Waals surface area contributed by atoms with E-state index in [-0.39, 0.29) is 12.0 Å². The zero-order chi connectivity index (χ0) is 17.5. The third-order valence-electron chi connectivity index (χ3n) is 5.00. The summed E-state index contributed by atoms with van der Waals surface area (Å²) < 4.78 is 11.0. The summed E-state index contributed by atoms with van der Waals surface area (Å²) in [5, 5.41) is 3.00. The molecule has 6 heteroatoms. The van der Waals surface area contributed by atoms with E-state index in [1.807, 2.05) is 18.2 Å². The molecular formula is C19H29N3O3. The second kappa shape index (κ2) is 9.06. The highest BCUT2D eigenvalue weighted by atomic mass is 16.5. The molecule has 2 fully saturated rings. The Bertz CT molecular complexity index is 553. The van der Waals surface area contributed by atoms with Gasteiger partial charge in [-0.25, -0.2) is 0 Å². The molecule has 6 nitrogen and oxygen atoms in total. The Hall–Kier alpha value is -1.79. The van der Waals surface area contributed by atoms with Crippen LogP contribution in [0.2, 0.25) is 0 Å². The molecule has 2 heterocycles. The molecular weight excluding hydrogens is 318 g/mol. The zero-order valence-corrected chi connectivity index (χ0v) is 15.1. The molecule has 1 atom stereocenters. The molecule has 1 amide bonds. The lowest BCUT2D eigenvalue weighted by atomic mass is 10.2. The Morgan fingerprint density at radius 1 is 1.28 bits per heavy atom. The van der Waals surface area contributed by atoms with Gasteiger partial charge in [0.2, 0.25) is 5.91 Å². The van der Waals surface area contributed by atoms with Crippen LogP contribution in [0.1, 0.15) is 19.3 Å². The van der Waals surface area contributed by atoms with Gasteiger partial charge in [-0.3, -0.25) is 9.69 Å². The second-order valence-electron chi connectivity index (χ2n) is 6.69. The van der Waals surface area contributed by atoms with Crippen LogP contribution < -0.4 is 15.0 Å². The number of hydrogen-bond acceptors (Lipinski definition) is 5. The fourth-order valence-corrected chi connectivity index (χ4v) is 3.48. The fraction of sp³-hybridized carbons (Fsp3) is 0.632. The van der Waals surface area contributed by atoms with Gasteiger partial charge in [0.25, 0.3) is 0 Å². The first-order valence-corrected chi connectivity index (χ1v) is 9.25. The van der Waals surface area contributed by atoms with Crippen molar-refractivity contribution in [2.75, 3.05) is 57.9 Å². The van der Waals surface area contributed by atoms with Crippen LogP contribution in [0.5, 0.6) is 5.75 Å². The Morgan fingerprint density at radius 3 is 2.80 bits per heavy atom. The molecule has 2 aliphatic heterocycles. The molecule has 0 bridgehead atoms. The van der Waals surface area contributed by atoms with Crippen LogP contribution in [0.4, 0.5) is 5.69 Å². The number of rotatable bonds is 7. The summed E-state index contributed by atoms with van der Waals surface area (Å²) >= 11 is 0. The quantitative estimate of drug-likeness (QED) is 0.810. The monoisotopic (exact) mass is 347 g/mol. The van der Waals surface area contributed by atoms with Crippen molar-refractivity contribution in [1.29, 1.82) is 0 Å².